The molecule has 142 valence electrons. The summed E-state index contributed by atoms with van der Waals surface area (Å²) in [6, 6.07) is 11.8. The monoisotopic (exact) mass is 360 g/mol. The highest BCUT2D eigenvalue weighted by Gasteiger charge is 2.08. The largest absolute Gasteiger partial charge is 0.493 e. The third-order valence-electron chi connectivity index (χ3n) is 4.19. The van der Waals surface area contributed by atoms with Gasteiger partial charge in [0.2, 0.25) is 0 Å². The molecule has 2 aromatic carbocycles. The molecule has 0 fully saturated rings. The average molecular weight is 360 g/mol. The summed E-state index contributed by atoms with van der Waals surface area (Å²) in [5.74, 6) is 2.92. The van der Waals surface area contributed by atoms with E-state index in [1.54, 1.807) is 28.4 Å². The Kier molecular flexibility index (Phi) is 7.26. The number of rotatable bonds is 10. The van der Waals surface area contributed by atoms with Crippen molar-refractivity contribution in [2.45, 2.75) is 6.42 Å². The second-order valence-electron chi connectivity index (χ2n) is 5.81. The average Bonchev–Trinajstić information content (AvgIpc) is 2.70. The van der Waals surface area contributed by atoms with Crippen LogP contribution in [0.3, 0.4) is 0 Å². The standard InChI is InChI=1S/C20H28N2O4/c1-22(16-8-10-18(24-3)20(14-16)26-5)12-6-11-21-15-7-9-17(23-2)19(13-15)25-4/h7-10,13-14,21H,6,11-12H2,1-5H3. The number of nitrogens with one attached hydrogen (secondary N) is 1. The normalized spacial score (nSPS) is 10.2. The summed E-state index contributed by atoms with van der Waals surface area (Å²) in [4.78, 5) is 2.19. The van der Waals surface area contributed by atoms with E-state index < -0.39 is 0 Å². The van der Waals surface area contributed by atoms with Crippen molar-refractivity contribution in [3.8, 4) is 23.0 Å². The number of hydrogen-bond acceptors (Lipinski definition) is 6. The molecule has 2 aromatic rings. The lowest BCUT2D eigenvalue weighted by Gasteiger charge is -2.21. The Morgan fingerprint density at radius 3 is 1.96 bits per heavy atom. The molecular formula is C20H28N2O4. The molecular weight excluding hydrogens is 332 g/mol. The molecule has 0 aliphatic heterocycles. The predicted molar refractivity (Wildman–Crippen MR) is 105 cm³/mol. The predicted octanol–water partition coefficient (Wildman–Crippen LogP) is 3.66. The summed E-state index contributed by atoms with van der Waals surface area (Å²) in [7, 11) is 8.63. The van der Waals surface area contributed by atoms with E-state index in [9.17, 15) is 0 Å². The van der Waals surface area contributed by atoms with Gasteiger partial charge in [-0.05, 0) is 30.7 Å². The van der Waals surface area contributed by atoms with Crippen LogP contribution in [0, 0.1) is 0 Å². The minimum absolute atomic E-state index is 0.722. The van der Waals surface area contributed by atoms with Crippen LogP contribution in [0.15, 0.2) is 36.4 Å². The SMILES string of the molecule is COc1ccc(NCCCN(C)c2ccc(OC)c(OC)c2)cc1OC. The van der Waals surface area contributed by atoms with Gasteiger partial charge < -0.3 is 29.2 Å². The van der Waals surface area contributed by atoms with Gasteiger partial charge in [0.1, 0.15) is 0 Å². The molecule has 6 heteroatoms. The fraction of sp³-hybridized carbons (Fsp3) is 0.400. The van der Waals surface area contributed by atoms with Gasteiger partial charge in [0.25, 0.3) is 0 Å². The quantitative estimate of drug-likeness (QED) is 0.653. The molecule has 0 bridgehead atoms. The lowest BCUT2D eigenvalue weighted by atomic mass is 10.2. The Labute approximate surface area is 155 Å². The van der Waals surface area contributed by atoms with Gasteiger partial charge in [-0.1, -0.05) is 0 Å². The summed E-state index contributed by atoms with van der Waals surface area (Å²) < 4.78 is 21.2. The van der Waals surface area contributed by atoms with Gasteiger partial charge in [0.15, 0.2) is 23.0 Å². The van der Waals surface area contributed by atoms with Crippen molar-refractivity contribution < 1.29 is 18.9 Å². The van der Waals surface area contributed by atoms with Gasteiger partial charge in [-0.15, -0.1) is 0 Å². The zero-order valence-electron chi connectivity index (χ0n) is 16.2. The summed E-state index contributed by atoms with van der Waals surface area (Å²) in [5, 5.41) is 3.41. The van der Waals surface area contributed by atoms with E-state index in [0.717, 1.165) is 53.9 Å². The van der Waals surface area contributed by atoms with Crippen molar-refractivity contribution in [2.75, 3.05) is 58.8 Å². The van der Waals surface area contributed by atoms with Crippen LogP contribution in [0.25, 0.3) is 0 Å². The Hall–Kier alpha value is -2.76. The van der Waals surface area contributed by atoms with Crippen LogP contribution < -0.4 is 29.2 Å². The maximum atomic E-state index is 5.37. The van der Waals surface area contributed by atoms with E-state index in [-0.39, 0.29) is 0 Å². The minimum Gasteiger partial charge on any atom is -0.493 e. The van der Waals surface area contributed by atoms with Gasteiger partial charge in [-0.25, -0.2) is 0 Å². The van der Waals surface area contributed by atoms with Gasteiger partial charge in [-0.2, -0.15) is 0 Å². The molecule has 0 aliphatic rings. The second-order valence-corrected chi connectivity index (χ2v) is 5.81. The summed E-state index contributed by atoms with van der Waals surface area (Å²) in [6.45, 7) is 1.77. The van der Waals surface area contributed by atoms with Crippen molar-refractivity contribution in [3.05, 3.63) is 36.4 Å². The summed E-state index contributed by atoms with van der Waals surface area (Å²) >= 11 is 0. The molecule has 0 atom stereocenters. The Morgan fingerprint density at radius 1 is 0.769 bits per heavy atom. The lowest BCUT2D eigenvalue weighted by Crippen LogP contribution is -2.20. The number of nitrogens with zero attached hydrogens (tertiary/aromatic N) is 1. The fourth-order valence-corrected chi connectivity index (χ4v) is 2.69. The molecule has 26 heavy (non-hydrogen) atoms. The third-order valence-corrected chi connectivity index (χ3v) is 4.19. The van der Waals surface area contributed by atoms with Crippen molar-refractivity contribution in [1.29, 1.82) is 0 Å². The molecule has 0 spiro atoms. The molecule has 1 N–H and O–H groups in total. The smallest absolute Gasteiger partial charge is 0.162 e. The second kappa shape index (κ2) is 9.65. The van der Waals surface area contributed by atoms with E-state index in [2.05, 4.69) is 17.3 Å². The maximum absolute atomic E-state index is 5.37. The Morgan fingerprint density at radius 2 is 1.35 bits per heavy atom. The van der Waals surface area contributed by atoms with Gasteiger partial charge in [0.05, 0.1) is 28.4 Å². The van der Waals surface area contributed by atoms with Crippen LogP contribution in [-0.4, -0.2) is 48.6 Å². The highest BCUT2D eigenvalue weighted by Crippen LogP contribution is 2.31. The van der Waals surface area contributed by atoms with Gasteiger partial charge >= 0.3 is 0 Å². The molecule has 6 nitrogen and oxygen atoms in total. The minimum atomic E-state index is 0.722. The molecule has 0 heterocycles. The van der Waals surface area contributed by atoms with Gasteiger partial charge in [0, 0.05) is 43.6 Å². The van der Waals surface area contributed by atoms with Crippen LogP contribution in [0.1, 0.15) is 6.42 Å². The molecule has 0 unspecified atom stereocenters. The molecule has 0 aromatic heterocycles. The van der Waals surface area contributed by atoms with Gasteiger partial charge in [-0.3, -0.25) is 0 Å². The number of hydrogen-bond donors (Lipinski definition) is 1. The first-order chi connectivity index (χ1) is 12.6. The fourth-order valence-electron chi connectivity index (χ4n) is 2.69. The Balaban J connectivity index is 1.86. The Bertz CT molecular complexity index is 706. The van der Waals surface area contributed by atoms with E-state index >= 15 is 0 Å². The number of methoxy groups -OCH3 is 4. The third kappa shape index (κ3) is 4.88. The highest BCUT2D eigenvalue weighted by molar-refractivity contribution is 5.56. The molecule has 0 radical (unpaired) electrons. The number of ether oxygens (including phenoxy) is 4. The molecule has 0 saturated carbocycles. The molecule has 2 rings (SSSR count). The van der Waals surface area contributed by atoms with E-state index in [1.165, 1.54) is 0 Å². The van der Waals surface area contributed by atoms with Crippen LogP contribution >= 0.6 is 0 Å². The number of benzene rings is 2. The van der Waals surface area contributed by atoms with Crippen molar-refractivity contribution in [2.24, 2.45) is 0 Å². The molecule has 0 aliphatic carbocycles. The zero-order valence-corrected chi connectivity index (χ0v) is 16.2. The van der Waals surface area contributed by atoms with Crippen LogP contribution in [0.2, 0.25) is 0 Å². The first kappa shape index (κ1) is 19.6. The van der Waals surface area contributed by atoms with Crippen molar-refractivity contribution in [1.82, 2.24) is 0 Å². The van der Waals surface area contributed by atoms with Crippen LogP contribution in [-0.2, 0) is 0 Å². The zero-order chi connectivity index (χ0) is 18.9. The molecule has 0 saturated heterocycles. The van der Waals surface area contributed by atoms with Crippen molar-refractivity contribution >= 4 is 11.4 Å². The maximum Gasteiger partial charge on any atom is 0.162 e. The lowest BCUT2D eigenvalue weighted by molar-refractivity contribution is 0.355. The molecule has 0 amide bonds. The van der Waals surface area contributed by atoms with E-state index in [4.69, 9.17) is 18.9 Å². The van der Waals surface area contributed by atoms with E-state index in [1.807, 2.05) is 36.4 Å². The number of anilines is 2. The first-order valence-corrected chi connectivity index (χ1v) is 8.52. The van der Waals surface area contributed by atoms with Crippen LogP contribution in [0.4, 0.5) is 11.4 Å². The summed E-state index contributed by atoms with van der Waals surface area (Å²) in [5.41, 5.74) is 2.10. The van der Waals surface area contributed by atoms with Crippen molar-refractivity contribution in [3.63, 3.8) is 0 Å². The van der Waals surface area contributed by atoms with E-state index in [0.29, 0.717) is 0 Å². The first-order valence-electron chi connectivity index (χ1n) is 8.52. The topological polar surface area (TPSA) is 52.2 Å². The summed E-state index contributed by atoms with van der Waals surface area (Å²) in [6.07, 6.45) is 0.985. The highest BCUT2D eigenvalue weighted by atomic mass is 16.5. The van der Waals surface area contributed by atoms with Crippen LogP contribution in [0.5, 0.6) is 23.0 Å².